The van der Waals surface area contributed by atoms with Gasteiger partial charge in [0.25, 0.3) is 5.56 Å². The third kappa shape index (κ3) is 3.50. The fourth-order valence-corrected chi connectivity index (χ4v) is 3.92. The van der Waals surface area contributed by atoms with Crippen LogP contribution >= 0.6 is 0 Å². The van der Waals surface area contributed by atoms with Crippen LogP contribution in [0.5, 0.6) is 0 Å². The van der Waals surface area contributed by atoms with Crippen LogP contribution in [0.25, 0.3) is 0 Å². The third-order valence-corrected chi connectivity index (χ3v) is 5.23. The molecule has 1 aromatic heterocycles. The highest BCUT2D eigenvalue weighted by Gasteiger charge is 2.17. The number of hydrogen-bond donors (Lipinski definition) is 2. The van der Waals surface area contributed by atoms with Crippen LogP contribution in [-0.4, -0.2) is 15.9 Å². The van der Waals surface area contributed by atoms with Gasteiger partial charge in [0.15, 0.2) is 0 Å². The third-order valence-electron chi connectivity index (χ3n) is 5.23. The van der Waals surface area contributed by atoms with E-state index in [1.807, 2.05) is 6.07 Å². The summed E-state index contributed by atoms with van der Waals surface area (Å²) in [6, 6.07) is 6.33. The van der Waals surface area contributed by atoms with E-state index in [-0.39, 0.29) is 17.4 Å². The second-order valence-electron chi connectivity index (χ2n) is 7.08. The second-order valence-corrected chi connectivity index (χ2v) is 7.08. The Balaban J connectivity index is 1.47. The van der Waals surface area contributed by atoms with Crippen LogP contribution in [-0.2, 0) is 36.9 Å². The highest BCUT2D eigenvalue weighted by Crippen LogP contribution is 2.22. The molecule has 0 fully saturated rings. The minimum atomic E-state index is -0.144. The molecule has 4 rings (SSSR count). The van der Waals surface area contributed by atoms with E-state index in [0.29, 0.717) is 6.42 Å². The zero-order chi connectivity index (χ0) is 17.2. The van der Waals surface area contributed by atoms with Gasteiger partial charge in [0.05, 0.1) is 12.1 Å². The molecule has 5 nitrogen and oxygen atoms in total. The van der Waals surface area contributed by atoms with Crippen LogP contribution in [0.3, 0.4) is 0 Å². The molecule has 0 bridgehead atoms. The summed E-state index contributed by atoms with van der Waals surface area (Å²) in [5, 5.41) is 2.76. The van der Waals surface area contributed by atoms with E-state index >= 15 is 0 Å². The van der Waals surface area contributed by atoms with Gasteiger partial charge in [0.1, 0.15) is 0 Å². The zero-order valence-corrected chi connectivity index (χ0v) is 14.4. The highest BCUT2D eigenvalue weighted by atomic mass is 16.2. The van der Waals surface area contributed by atoms with Gasteiger partial charge in [0, 0.05) is 5.56 Å². The lowest BCUT2D eigenvalue weighted by Gasteiger charge is -2.17. The van der Waals surface area contributed by atoms with Gasteiger partial charge in [-0.15, -0.1) is 0 Å². The van der Waals surface area contributed by atoms with Crippen molar-refractivity contribution in [2.24, 2.45) is 0 Å². The Labute approximate surface area is 146 Å². The smallest absolute Gasteiger partial charge is 0.255 e. The highest BCUT2D eigenvalue weighted by molar-refractivity contribution is 5.90. The molecule has 1 amide bonds. The molecule has 0 atom stereocenters. The van der Waals surface area contributed by atoms with Crippen LogP contribution in [0.15, 0.2) is 23.0 Å². The minimum absolute atomic E-state index is 0.117. The summed E-state index contributed by atoms with van der Waals surface area (Å²) in [5.74, 6) is 0.128. The van der Waals surface area contributed by atoms with Gasteiger partial charge in [-0.2, -0.15) is 0 Å². The fourth-order valence-electron chi connectivity index (χ4n) is 3.92. The van der Waals surface area contributed by atoms with E-state index in [2.05, 4.69) is 27.4 Å². The number of carbonyl (C=O) groups is 1. The summed E-state index contributed by atoms with van der Waals surface area (Å²) in [6.07, 6.45) is 8.69. The van der Waals surface area contributed by atoms with Crippen molar-refractivity contribution in [2.45, 2.75) is 57.8 Å². The number of amides is 1. The Morgan fingerprint density at radius 1 is 1.04 bits per heavy atom. The summed E-state index contributed by atoms with van der Waals surface area (Å²) in [5.41, 5.74) is 5.29. The molecule has 25 heavy (non-hydrogen) atoms. The lowest BCUT2D eigenvalue weighted by molar-refractivity contribution is -0.115. The molecule has 0 aliphatic heterocycles. The number of aryl methyl sites for hydroxylation is 3. The van der Waals surface area contributed by atoms with Gasteiger partial charge in [0.2, 0.25) is 11.9 Å². The van der Waals surface area contributed by atoms with E-state index < -0.39 is 0 Å². The van der Waals surface area contributed by atoms with Crippen molar-refractivity contribution in [3.05, 3.63) is 56.5 Å². The molecular weight excluding hydrogens is 314 g/mol. The number of aromatic amines is 1. The molecule has 130 valence electrons. The Hall–Kier alpha value is -2.43. The van der Waals surface area contributed by atoms with Crippen LogP contribution in [0.1, 0.15) is 53.6 Å². The summed E-state index contributed by atoms with van der Waals surface area (Å²) < 4.78 is 0. The van der Waals surface area contributed by atoms with Gasteiger partial charge < -0.3 is 0 Å². The van der Waals surface area contributed by atoms with Crippen molar-refractivity contribution >= 4 is 11.9 Å². The number of nitrogens with one attached hydrogen (secondary N) is 2. The first-order valence-corrected chi connectivity index (χ1v) is 9.21. The van der Waals surface area contributed by atoms with E-state index in [1.165, 1.54) is 24.0 Å². The molecule has 2 aliphatic carbocycles. The molecule has 1 heterocycles. The zero-order valence-electron chi connectivity index (χ0n) is 14.4. The van der Waals surface area contributed by atoms with Crippen LogP contribution < -0.4 is 10.9 Å². The molecule has 5 heteroatoms. The lowest BCUT2D eigenvalue weighted by atomic mass is 9.90. The Kier molecular flexibility index (Phi) is 4.38. The number of fused-ring (bicyclic) bond motifs is 2. The monoisotopic (exact) mass is 337 g/mol. The first-order valence-electron chi connectivity index (χ1n) is 9.21. The first-order chi connectivity index (χ1) is 12.2. The summed E-state index contributed by atoms with van der Waals surface area (Å²) in [7, 11) is 0. The van der Waals surface area contributed by atoms with E-state index in [0.717, 1.165) is 55.3 Å². The van der Waals surface area contributed by atoms with Gasteiger partial charge in [-0.1, -0.05) is 18.2 Å². The topological polar surface area (TPSA) is 74.8 Å². The second kappa shape index (κ2) is 6.82. The van der Waals surface area contributed by atoms with Gasteiger partial charge in [-0.3, -0.25) is 19.9 Å². The number of carbonyl (C=O) groups excluding carboxylic acids is 1. The maximum Gasteiger partial charge on any atom is 0.255 e. The lowest BCUT2D eigenvalue weighted by Crippen LogP contribution is -2.25. The van der Waals surface area contributed by atoms with Crippen molar-refractivity contribution in [1.29, 1.82) is 0 Å². The van der Waals surface area contributed by atoms with E-state index in [4.69, 9.17) is 0 Å². The quantitative estimate of drug-likeness (QED) is 0.904. The molecule has 2 N–H and O–H groups in total. The van der Waals surface area contributed by atoms with E-state index in [9.17, 15) is 9.59 Å². The normalized spacial score (nSPS) is 16.0. The number of anilines is 1. The van der Waals surface area contributed by atoms with Crippen molar-refractivity contribution < 1.29 is 4.79 Å². The standard InChI is InChI=1S/C20H23N3O2/c24-18(12-13-9-10-14-5-1-2-6-15(14)11-13)22-20-21-17-8-4-3-7-16(17)19(25)23-20/h9-11H,1-8,12H2,(H2,21,22,23,24,25). The molecule has 2 aliphatic rings. The number of H-pyrrole nitrogens is 1. The number of rotatable bonds is 3. The molecule has 0 spiro atoms. The van der Waals surface area contributed by atoms with Crippen molar-refractivity contribution in [2.75, 3.05) is 5.32 Å². The van der Waals surface area contributed by atoms with Gasteiger partial charge >= 0.3 is 0 Å². The molecule has 0 saturated heterocycles. The predicted molar refractivity (Wildman–Crippen MR) is 96.9 cm³/mol. The van der Waals surface area contributed by atoms with Crippen LogP contribution in [0.4, 0.5) is 5.95 Å². The SMILES string of the molecule is O=C(Cc1ccc2c(c1)CCCC2)Nc1nc2c(c(=O)[nH]1)CCCC2. The molecule has 0 radical (unpaired) electrons. The Morgan fingerprint density at radius 2 is 1.80 bits per heavy atom. The van der Waals surface area contributed by atoms with Gasteiger partial charge in [-0.25, -0.2) is 4.98 Å². The average Bonchev–Trinajstić information content (AvgIpc) is 2.61. The molecular formula is C20H23N3O2. The Bertz CT molecular complexity index is 870. The van der Waals surface area contributed by atoms with Crippen molar-refractivity contribution in [1.82, 2.24) is 9.97 Å². The average molecular weight is 337 g/mol. The number of nitrogens with zero attached hydrogens (tertiary/aromatic N) is 1. The number of benzene rings is 1. The Morgan fingerprint density at radius 3 is 2.68 bits per heavy atom. The fraction of sp³-hybridized carbons (Fsp3) is 0.450. The molecule has 2 aromatic rings. The minimum Gasteiger partial charge on any atom is -0.296 e. The first kappa shape index (κ1) is 16.1. The van der Waals surface area contributed by atoms with Crippen LogP contribution in [0, 0.1) is 0 Å². The van der Waals surface area contributed by atoms with Gasteiger partial charge in [-0.05, 0) is 68.1 Å². The number of hydrogen-bond acceptors (Lipinski definition) is 3. The van der Waals surface area contributed by atoms with Crippen molar-refractivity contribution in [3.63, 3.8) is 0 Å². The molecule has 0 saturated carbocycles. The van der Waals surface area contributed by atoms with Crippen LogP contribution in [0.2, 0.25) is 0 Å². The number of aromatic nitrogens is 2. The largest absolute Gasteiger partial charge is 0.296 e. The van der Waals surface area contributed by atoms with Crippen molar-refractivity contribution in [3.8, 4) is 0 Å². The maximum absolute atomic E-state index is 12.4. The summed E-state index contributed by atoms with van der Waals surface area (Å²) >= 11 is 0. The molecule has 1 aromatic carbocycles. The van der Waals surface area contributed by atoms with E-state index in [1.54, 1.807) is 0 Å². The molecule has 0 unspecified atom stereocenters. The summed E-state index contributed by atoms with van der Waals surface area (Å²) in [6.45, 7) is 0. The summed E-state index contributed by atoms with van der Waals surface area (Å²) in [4.78, 5) is 31.6. The maximum atomic E-state index is 12.4. The predicted octanol–water partition coefficient (Wildman–Crippen LogP) is 2.71.